The van der Waals surface area contributed by atoms with Crippen LogP contribution in [0.4, 0.5) is 0 Å². The molecule has 0 spiro atoms. The van der Waals surface area contributed by atoms with Gasteiger partial charge in [0.1, 0.15) is 23.1 Å². The normalized spacial score (nSPS) is 15.8. The van der Waals surface area contributed by atoms with Gasteiger partial charge in [-0.15, -0.1) is 12.4 Å². The Morgan fingerprint density at radius 3 is 2.69 bits per heavy atom. The van der Waals surface area contributed by atoms with Gasteiger partial charge < -0.3 is 20.1 Å². The molecule has 0 radical (unpaired) electrons. The Bertz CT molecular complexity index is 364. The van der Waals surface area contributed by atoms with E-state index in [9.17, 15) is 9.90 Å². The molecule has 0 saturated carbocycles. The fourth-order valence-corrected chi connectivity index (χ4v) is 1.15. The van der Waals surface area contributed by atoms with Gasteiger partial charge in [-0.3, -0.25) is 0 Å². The maximum atomic E-state index is 11.3. The van der Waals surface area contributed by atoms with E-state index in [4.69, 9.17) is 10.3 Å². The molecule has 16 heavy (non-hydrogen) atoms. The largest absolute Gasteiger partial charge is 0.468 e. The molecule has 0 aliphatic rings. The van der Waals surface area contributed by atoms with Crippen LogP contribution < -0.4 is 5.73 Å². The van der Waals surface area contributed by atoms with Crippen LogP contribution in [0.3, 0.4) is 0 Å². The van der Waals surface area contributed by atoms with Gasteiger partial charge >= 0.3 is 5.97 Å². The summed E-state index contributed by atoms with van der Waals surface area (Å²) in [5, 5.41) is 13.4. The second kappa shape index (κ2) is 5.29. The van der Waals surface area contributed by atoms with E-state index in [0.29, 0.717) is 5.76 Å². The van der Waals surface area contributed by atoms with E-state index in [1.165, 1.54) is 20.1 Å². The Morgan fingerprint density at radius 1 is 1.75 bits per heavy atom. The number of aromatic nitrogens is 1. The van der Waals surface area contributed by atoms with Gasteiger partial charge in [0.25, 0.3) is 0 Å². The Hall–Kier alpha value is -1.11. The van der Waals surface area contributed by atoms with Crippen molar-refractivity contribution in [2.24, 2.45) is 5.73 Å². The van der Waals surface area contributed by atoms with Crippen LogP contribution in [0.2, 0.25) is 0 Å². The second-order valence-corrected chi connectivity index (χ2v) is 3.54. The molecular formula is C9H15ClN2O4. The minimum atomic E-state index is -1.54. The van der Waals surface area contributed by atoms with Crippen LogP contribution in [0.25, 0.3) is 0 Å². The molecular weight excluding hydrogens is 236 g/mol. The van der Waals surface area contributed by atoms with Crippen molar-refractivity contribution in [2.75, 3.05) is 7.11 Å². The van der Waals surface area contributed by atoms with E-state index in [2.05, 4.69) is 9.89 Å². The topological polar surface area (TPSA) is 98.6 Å². The van der Waals surface area contributed by atoms with Gasteiger partial charge in [-0.05, 0) is 13.8 Å². The summed E-state index contributed by atoms with van der Waals surface area (Å²) in [6.45, 7) is 3.04. The van der Waals surface area contributed by atoms with Gasteiger partial charge in [-0.2, -0.15) is 0 Å². The predicted molar refractivity (Wildman–Crippen MR) is 58.1 cm³/mol. The molecule has 92 valence electrons. The number of ether oxygens (including phenoxy) is 1. The summed E-state index contributed by atoms with van der Waals surface area (Å²) in [4.78, 5) is 11.3. The van der Waals surface area contributed by atoms with E-state index in [0.717, 1.165) is 0 Å². The molecule has 0 amide bonds. The number of methoxy groups -OCH3 is 1. The molecule has 6 nitrogen and oxygen atoms in total. The van der Waals surface area contributed by atoms with E-state index in [1.54, 1.807) is 6.92 Å². The highest BCUT2D eigenvalue weighted by molar-refractivity contribution is 5.85. The number of carbonyl (C=O) groups excluding carboxylic acids is 1. The molecule has 7 heteroatoms. The van der Waals surface area contributed by atoms with Crippen molar-refractivity contribution in [2.45, 2.75) is 25.5 Å². The van der Waals surface area contributed by atoms with Crippen LogP contribution in [-0.2, 0) is 9.53 Å². The first-order chi connectivity index (χ1) is 6.89. The van der Waals surface area contributed by atoms with Crippen LogP contribution in [0.15, 0.2) is 10.6 Å². The average molecular weight is 251 g/mol. The number of carbonyl (C=O) groups is 1. The molecule has 3 N–H and O–H groups in total. The van der Waals surface area contributed by atoms with E-state index < -0.39 is 17.6 Å². The lowest BCUT2D eigenvalue weighted by Crippen LogP contribution is -2.51. The molecule has 1 aromatic rings. The average Bonchev–Trinajstić information content (AvgIpc) is 2.62. The van der Waals surface area contributed by atoms with E-state index in [1.807, 2.05) is 0 Å². The maximum Gasteiger partial charge on any atom is 0.328 e. The number of aryl methyl sites for hydroxylation is 1. The van der Waals surface area contributed by atoms with Crippen LogP contribution in [0.1, 0.15) is 24.5 Å². The zero-order chi connectivity index (χ0) is 11.6. The molecule has 1 rings (SSSR count). The molecule has 1 heterocycles. The summed E-state index contributed by atoms with van der Waals surface area (Å²) in [7, 11) is 1.20. The molecule has 1 aromatic heterocycles. The van der Waals surface area contributed by atoms with Crippen molar-refractivity contribution in [1.29, 1.82) is 0 Å². The number of hydrogen-bond donors (Lipinski definition) is 2. The predicted octanol–water partition coefficient (Wildman–Crippen LogP) is 0.329. The summed E-state index contributed by atoms with van der Waals surface area (Å²) in [5.74, 6) is -0.180. The summed E-state index contributed by atoms with van der Waals surface area (Å²) < 4.78 is 9.26. The third kappa shape index (κ3) is 2.72. The first-order valence-corrected chi connectivity index (χ1v) is 4.38. The Balaban J connectivity index is 0.00000225. The van der Waals surface area contributed by atoms with E-state index >= 15 is 0 Å². The number of hydrogen-bond acceptors (Lipinski definition) is 6. The number of aliphatic hydroxyl groups is 1. The standard InChI is InChI=1S/C9H14N2O4.ClH/c1-5-4-6(11-15-5)7(12)9(2,10)8(13)14-3;/h4,7,12H,10H2,1-3H3;1H/t7-,9-;/m0./s1. The molecule has 0 aliphatic heterocycles. The summed E-state index contributed by atoms with van der Waals surface area (Å²) >= 11 is 0. The van der Waals surface area contributed by atoms with Crippen LogP contribution in [0.5, 0.6) is 0 Å². The Morgan fingerprint density at radius 2 is 2.31 bits per heavy atom. The zero-order valence-corrected chi connectivity index (χ0v) is 10.1. The Labute approximate surface area is 99.1 Å². The smallest absolute Gasteiger partial charge is 0.328 e. The van der Waals surface area contributed by atoms with Crippen molar-refractivity contribution in [1.82, 2.24) is 5.16 Å². The molecule has 0 aromatic carbocycles. The van der Waals surface area contributed by atoms with Gasteiger partial charge in [-0.25, -0.2) is 4.79 Å². The highest BCUT2D eigenvalue weighted by Crippen LogP contribution is 2.24. The summed E-state index contributed by atoms with van der Waals surface area (Å²) in [5.41, 5.74) is 4.32. The fraction of sp³-hybridized carbons (Fsp3) is 0.556. The van der Waals surface area contributed by atoms with Crippen LogP contribution in [0, 0.1) is 6.92 Å². The lowest BCUT2D eigenvalue weighted by molar-refractivity contribution is -0.151. The molecule has 0 unspecified atom stereocenters. The van der Waals surface area contributed by atoms with Crippen molar-refractivity contribution in [3.8, 4) is 0 Å². The number of nitrogens with zero attached hydrogens (tertiary/aromatic N) is 1. The SMILES string of the molecule is COC(=O)[C@@](C)(N)[C@@H](O)c1cc(C)on1.Cl. The van der Waals surface area contributed by atoms with Gasteiger partial charge in [0.15, 0.2) is 0 Å². The minimum absolute atomic E-state index is 0. The number of rotatable bonds is 3. The highest BCUT2D eigenvalue weighted by Gasteiger charge is 2.40. The van der Waals surface area contributed by atoms with Gasteiger partial charge in [-0.1, -0.05) is 5.16 Å². The number of nitrogens with two attached hydrogens (primary N) is 1. The molecule has 0 saturated heterocycles. The van der Waals surface area contributed by atoms with Gasteiger partial charge in [0.2, 0.25) is 0 Å². The number of esters is 1. The molecule has 0 bridgehead atoms. The third-order valence-corrected chi connectivity index (χ3v) is 2.12. The minimum Gasteiger partial charge on any atom is -0.468 e. The second-order valence-electron chi connectivity index (χ2n) is 3.54. The van der Waals surface area contributed by atoms with Crippen molar-refractivity contribution in [3.05, 3.63) is 17.5 Å². The number of halogens is 1. The van der Waals surface area contributed by atoms with Crippen molar-refractivity contribution >= 4 is 18.4 Å². The van der Waals surface area contributed by atoms with Crippen LogP contribution in [-0.4, -0.2) is 28.9 Å². The van der Waals surface area contributed by atoms with Gasteiger partial charge in [0, 0.05) is 6.07 Å². The van der Waals surface area contributed by atoms with Crippen molar-refractivity contribution < 1.29 is 19.2 Å². The summed E-state index contributed by atoms with van der Waals surface area (Å²) in [6, 6.07) is 1.51. The monoisotopic (exact) mass is 250 g/mol. The number of aliphatic hydroxyl groups excluding tert-OH is 1. The summed E-state index contributed by atoms with van der Waals surface area (Å²) in [6.07, 6.45) is -1.26. The lowest BCUT2D eigenvalue weighted by atomic mass is 9.94. The van der Waals surface area contributed by atoms with Crippen LogP contribution >= 0.6 is 12.4 Å². The zero-order valence-electron chi connectivity index (χ0n) is 9.26. The van der Waals surface area contributed by atoms with Crippen molar-refractivity contribution in [3.63, 3.8) is 0 Å². The third-order valence-electron chi connectivity index (χ3n) is 2.12. The fourth-order valence-electron chi connectivity index (χ4n) is 1.15. The first kappa shape index (κ1) is 14.9. The molecule has 2 atom stereocenters. The maximum absolute atomic E-state index is 11.3. The molecule has 0 fully saturated rings. The quantitative estimate of drug-likeness (QED) is 0.750. The van der Waals surface area contributed by atoms with Gasteiger partial charge in [0.05, 0.1) is 7.11 Å². The Kier molecular flexibility index (Phi) is 4.92. The van der Waals surface area contributed by atoms with E-state index in [-0.39, 0.29) is 18.1 Å². The first-order valence-electron chi connectivity index (χ1n) is 4.38. The highest BCUT2D eigenvalue weighted by atomic mass is 35.5. The molecule has 0 aliphatic carbocycles. The lowest BCUT2D eigenvalue weighted by Gasteiger charge is -2.25.